The molecule has 0 spiro atoms. The van der Waals surface area contributed by atoms with E-state index in [0.29, 0.717) is 25.9 Å². The number of non-ortho nitro benzene ring substituents is 1. The smallest absolute Gasteiger partial charge is 0.314 e. The summed E-state index contributed by atoms with van der Waals surface area (Å²) in [6, 6.07) is 4.84. The van der Waals surface area contributed by atoms with Crippen LogP contribution in [0.3, 0.4) is 0 Å². The van der Waals surface area contributed by atoms with E-state index in [2.05, 4.69) is 14.7 Å². The molecule has 3 N–H and O–H groups in total. The van der Waals surface area contributed by atoms with Crippen molar-refractivity contribution in [2.75, 3.05) is 19.6 Å². The van der Waals surface area contributed by atoms with Gasteiger partial charge in [-0.15, -0.1) is 0 Å². The predicted octanol–water partition coefficient (Wildman–Crippen LogP) is 0.569. The number of benzene rings is 2. The van der Waals surface area contributed by atoms with E-state index < -0.39 is 31.8 Å². The largest absolute Gasteiger partial charge is 0.343 e. The Morgan fingerprint density at radius 1 is 1.09 bits per heavy atom. The Bertz CT molecular complexity index is 1480. The monoisotopic (exact) mass is 461 g/mol. The number of amides is 1. The number of carbonyl (C=O) groups is 1. The van der Waals surface area contributed by atoms with Gasteiger partial charge in [0.05, 0.1) is 26.2 Å². The van der Waals surface area contributed by atoms with Crippen LogP contribution in [0.5, 0.6) is 0 Å². The van der Waals surface area contributed by atoms with E-state index in [1.165, 1.54) is 12.1 Å². The zero-order valence-electron chi connectivity index (χ0n) is 16.7. The molecule has 12 nitrogen and oxygen atoms in total. The fraction of sp³-hybridized carbons (Fsp3) is 0.316. The third-order valence-corrected chi connectivity index (χ3v) is 6.81. The number of nitrogens with zero attached hydrogens (tertiary/aromatic N) is 2. The molecule has 168 valence electrons. The van der Waals surface area contributed by atoms with Gasteiger partial charge >= 0.3 is 11.1 Å². The highest BCUT2D eigenvalue weighted by Gasteiger charge is 2.22. The molecule has 32 heavy (non-hydrogen) atoms. The first-order valence-corrected chi connectivity index (χ1v) is 11.3. The second-order valence-corrected chi connectivity index (χ2v) is 9.19. The van der Waals surface area contributed by atoms with Crippen LogP contribution >= 0.6 is 0 Å². The molecule has 0 atom stereocenters. The lowest BCUT2D eigenvalue weighted by atomic mass is 10.1. The Morgan fingerprint density at radius 3 is 2.53 bits per heavy atom. The normalized spacial score (nSPS) is 14.5. The van der Waals surface area contributed by atoms with E-state index in [9.17, 15) is 32.9 Å². The lowest BCUT2D eigenvalue weighted by molar-refractivity contribution is -0.383. The Balaban J connectivity index is 1.66. The average molecular weight is 461 g/mol. The summed E-state index contributed by atoms with van der Waals surface area (Å²) in [6.07, 6.45) is 1.74. The zero-order chi connectivity index (χ0) is 23.0. The molecule has 1 fully saturated rings. The van der Waals surface area contributed by atoms with Crippen LogP contribution < -0.4 is 15.8 Å². The molecule has 0 unspecified atom stereocenters. The second kappa shape index (κ2) is 8.16. The molecule has 0 aliphatic carbocycles. The number of fused-ring (bicyclic) bond motifs is 3. The lowest BCUT2D eigenvalue weighted by Gasteiger charge is -2.15. The summed E-state index contributed by atoms with van der Waals surface area (Å²) in [5.41, 5.74) is -2.09. The minimum absolute atomic E-state index is 0.00395. The first-order chi connectivity index (χ1) is 15.2. The van der Waals surface area contributed by atoms with Crippen molar-refractivity contribution >= 4 is 43.4 Å². The number of rotatable bonds is 7. The van der Waals surface area contributed by atoms with E-state index in [0.717, 1.165) is 18.6 Å². The number of nitro benzene ring substituents is 1. The van der Waals surface area contributed by atoms with E-state index >= 15 is 0 Å². The SMILES string of the molecule is O=C1CCCN1CCCNS(=O)(=O)c1ccc2c(c1)c([N+](=O)[O-])cc1[nH]c(=O)c(=O)[nH]c12. The number of aromatic nitrogens is 2. The Hall–Kier alpha value is -3.58. The summed E-state index contributed by atoms with van der Waals surface area (Å²) in [4.78, 5) is 52.0. The summed E-state index contributed by atoms with van der Waals surface area (Å²) in [5, 5.41) is 11.8. The van der Waals surface area contributed by atoms with Crippen molar-refractivity contribution in [3.05, 3.63) is 55.1 Å². The zero-order valence-corrected chi connectivity index (χ0v) is 17.5. The van der Waals surface area contributed by atoms with Crippen LogP contribution in [0.1, 0.15) is 19.3 Å². The first-order valence-electron chi connectivity index (χ1n) is 9.82. The molecule has 2 aromatic carbocycles. The third kappa shape index (κ3) is 3.99. The molecule has 2 heterocycles. The number of likely N-dealkylation sites (tertiary alicyclic amines) is 1. The molecule has 13 heteroatoms. The second-order valence-electron chi connectivity index (χ2n) is 7.43. The predicted molar refractivity (Wildman–Crippen MR) is 115 cm³/mol. The maximum Gasteiger partial charge on any atom is 0.314 e. The van der Waals surface area contributed by atoms with Gasteiger partial charge in [0.1, 0.15) is 0 Å². The number of sulfonamides is 1. The van der Waals surface area contributed by atoms with E-state index in [1.54, 1.807) is 4.90 Å². The van der Waals surface area contributed by atoms with Crippen LogP contribution in [0.15, 0.2) is 38.8 Å². The average Bonchev–Trinajstić information content (AvgIpc) is 3.16. The Kier molecular flexibility index (Phi) is 5.52. The molecule has 1 saturated heterocycles. The maximum atomic E-state index is 12.7. The summed E-state index contributed by atoms with van der Waals surface area (Å²) >= 11 is 0. The molecule has 3 aromatic rings. The van der Waals surface area contributed by atoms with Crippen LogP contribution in [0, 0.1) is 10.1 Å². The summed E-state index contributed by atoms with van der Waals surface area (Å²) < 4.78 is 27.9. The topological polar surface area (TPSA) is 175 Å². The van der Waals surface area contributed by atoms with Crippen LogP contribution in [-0.4, -0.2) is 53.8 Å². The standard InChI is InChI=1S/C19H19N5O7S/c25-16-3-1-7-23(16)8-2-6-20-32(30,31)11-4-5-12-13(9-11)15(24(28)29)10-14-17(12)22-19(27)18(26)21-14/h4-5,9-10,20H,1-3,6-8H2,(H,21,26)(H,22,27). The number of aromatic amines is 2. The molecule has 0 bridgehead atoms. The number of carbonyl (C=O) groups excluding carboxylic acids is 1. The van der Waals surface area contributed by atoms with Gasteiger partial charge in [-0.2, -0.15) is 0 Å². The quantitative estimate of drug-likeness (QED) is 0.151. The van der Waals surface area contributed by atoms with Gasteiger partial charge in [-0.3, -0.25) is 24.5 Å². The van der Waals surface area contributed by atoms with Crippen LogP contribution in [-0.2, 0) is 14.8 Å². The molecule has 0 saturated carbocycles. The van der Waals surface area contributed by atoms with Gasteiger partial charge < -0.3 is 14.9 Å². The molecule has 0 radical (unpaired) electrons. The van der Waals surface area contributed by atoms with Gasteiger partial charge in [-0.05, 0) is 25.0 Å². The lowest BCUT2D eigenvalue weighted by Crippen LogP contribution is -2.30. The van der Waals surface area contributed by atoms with Crippen molar-refractivity contribution in [2.24, 2.45) is 0 Å². The number of nitrogens with one attached hydrogen (secondary N) is 3. The maximum absolute atomic E-state index is 12.7. The third-order valence-electron chi connectivity index (χ3n) is 5.35. The molecule has 1 amide bonds. The summed E-state index contributed by atoms with van der Waals surface area (Å²) in [6.45, 7) is 1.21. The van der Waals surface area contributed by atoms with Crippen molar-refractivity contribution in [3.8, 4) is 0 Å². The van der Waals surface area contributed by atoms with Gasteiger partial charge in [0.2, 0.25) is 15.9 Å². The number of hydrogen-bond donors (Lipinski definition) is 3. The number of H-pyrrole nitrogens is 2. The van der Waals surface area contributed by atoms with E-state index in [4.69, 9.17) is 0 Å². The molecule has 1 aliphatic heterocycles. The first kappa shape index (κ1) is 21.6. The Labute approximate surface area is 180 Å². The van der Waals surface area contributed by atoms with Crippen molar-refractivity contribution in [1.82, 2.24) is 19.6 Å². The van der Waals surface area contributed by atoms with Crippen molar-refractivity contribution in [2.45, 2.75) is 24.2 Å². The van der Waals surface area contributed by atoms with Gasteiger partial charge in [-0.1, -0.05) is 6.07 Å². The van der Waals surface area contributed by atoms with Crippen LogP contribution in [0.4, 0.5) is 5.69 Å². The van der Waals surface area contributed by atoms with E-state index in [-0.39, 0.29) is 39.2 Å². The summed E-state index contributed by atoms with van der Waals surface area (Å²) in [7, 11) is -3.98. The molecular formula is C19H19N5O7S. The minimum atomic E-state index is -3.98. The van der Waals surface area contributed by atoms with Gasteiger partial charge in [0.25, 0.3) is 5.69 Å². The minimum Gasteiger partial charge on any atom is -0.343 e. The van der Waals surface area contributed by atoms with Crippen molar-refractivity contribution in [3.63, 3.8) is 0 Å². The Morgan fingerprint density at radius 2 is 1.84 bits per heavy atom. The highest BCUT2D eigenvalue weighted by molar-refractivity contribution is 7.89. The van der Waals surface area contributed by atoms with Gasteiger partial charge in [0, 0.05) is 37.5 Å². The highest BCUT2D eigenvalue weighted by atomic mass is 32.2. The highest BCUT2D eigenvalue weighted by Crippen LogP contribution is 2.32. The fourth-order valence-corrected chi connectivity index (χ4v) is 4.89. The number of nitro groups is 1. The van der Waals surface area contributed by atoms with E-state index in [1.807, 2.05) is 0 Å². The fourth-order valence-electron chi connectivity index (χ4n) is 3.79. The van der Waals surface area contributed by atoms with Crippen molar-refractivity contribution < 1.29 is 18.1 Å². The molecular weight excluding hydrogens is 442 g/mol. The van der Waals surface area contributed by atoms with Gasteiger partial charge in [-0.25, -0.2) is 13.1 Å². The number of hydrogen-bond acceptors (Lipinski definition) is 7. The van der Waals surface area contributed by atoms with Crippen molar-refractivity contribution in [1.29, 1.82) is 0 Å². The van der Waals surface area contributed by atoms with Gasteiger partial charge in [0.15, 0.2) is 0 Å². The van der Waals surface area contributed by atoms with Crippen LogP contribution in [0.25, 0.3) is 21.8 Å². The molecule has 1 aliphatic rings. The molecule has 1 aromatic heterocycles. The molecule has 4 rings (SSSR count). The summed E-state index contributed by atoms with van der Waals surface area (Å²) in [5.74, 6) is 0.0568. The van der Waals surface area contributed by atoms with Crippen LogP contribution in [0.2, 0.25) is 0 Å².